The van der Waals surface area contributed by atoms with Crippen LogP contribution < -0.4 is 5.32 Å². The number of nitrogens with one attached hydrogen (secondary N) is 2. The lowest BCUT2D eigenvalue weighted by Crippen LogP contribution is -2.10. The molecule has 0 unspecified atom stereocenters. The van der Waals surface area contributed by atoms with E-state index in [2.05, 4.69) is 25.5 Å². The zero-order valence-corrected chi connectivity index (χ0v) is 9.20. The molecular formula is C10H10F3N5. The van der Waals surface area contributed by atoms with Gasteiger partial charge in [-0.3, -0.25) is 5.10 Å². The number of pyridine rings is 1. The van der Waals surface area contributed by atoms with E-state index in [1.807, 2.05) is 0 Å². The monoisotopic (exact) mass is 257 g/mol. The second-order valence-corrected chi connectivity index (χ2v) is 3.54. The van der Waals surface area contributed by atoms with Gasteiger partial charge in [-0.05, 0) is 12.1 Å². The molecule has 2 rings (SSSR count). The van der Waals surface area contributed by atoms with E-state index >= 15 is 0 Å². The number of hydrogen-bond acceptors (Lipinski definition) is 4. The van der Waals surface area contributed by atoms with E-state index in [4.69, 9.17) is 0 Å². The lowest BCUT2D eigenvalue weighted by Gasteiger charge is -2.09. The molecule has 8 heteroatoms. The lowest BCUT2D eigenvalue weighted by atomic mass is 10.2. The quantitative estimate of drug-likeness (QED) is 0.877. The number of anilines is 1. The second kappa shape index (κ2) is 5.03. The van der Waals surface area contributed by atoms with Gasteiger partial charge in [0.1, 0.15) is 18.0 Å². The fourth-order valence-electron chi connectivity index (χ4n) is 1.36. The summed E-state index contributed by atoms with van der Waals surface area (Å²) < 4.78 is 37.3. The van der Waals surface area contributed by atoms with Crippen molar-refractivity contribution < 1.29 is 13.2 Å². The fraction of sp³-hybridized carbons (Fsp3) is 0.300. The van der Waals surface area contributed by atoms with Crippen molar-refractivity contribution in [2.75, 3.05) is 11.9 Å². The Hall–Kier alpha value is -2.12. The molecule has 2 heterocycles. The van der Waals surface area contributed by atoms with E-state index in [9.17, 15) is 13.2 Å². The molecule has 5 nitrogen and oxygen atoms in total. The number of hydrogen-bond donors (Lipinski definition) is 2. The molecule has 0 saturated heterocycles. The number of nitrogens with zero attached hydrogens (tertiary/aromatic N) is 3. The third-order valence-electron chi connectivity index (χ3n) is 2.22. The molecule has 0 saturated carbocycles. The van der Waals surface area contributed by atoms with E-state index in [-0.39, 0.29) is 5.82 Å². The molecule has 0 aliphatic rings. The van der Waals surface area contributed by atoms with Gasteiger partial charge in [-0.1, -0.05) is 0 Å². The van der Waals surface area contributed by atoms with Crippen LogP contribution in [0.25, 0.3) is 0 Å². The molecule has 0 aliphatic carbocycles. The molecule has 0 bridgehead atoms. The van der Waals surface area contributed by atoms with Crippen molar-refractivity contribution in [2.24, 2.45) is 0 Å². The van der Waals surface area contributed by atoms with Crippen LogP contribution in [0.15, 0.2) is 24.7 Å². The first-order valence-corrected chi connectivity index (χ1v) is 5.17. The van der Waals surface area contributed by atoms with Crippen LogP contribution in [-0.2, 0) is 12.6 Å². The summed E-state index contributed by atoms with van der Waals surface area (Å²) in [5.74, 6) is 0.846. The molecule has 2 aromatic heterocycles. The Balaban J connectivity index is 1.93. The van der Waals surface area contributed by atoms with Gasteiger partial charge in [0.25, 0.3) is 0 Å². The van der Waals surface area contributed by atoms with E-state index in [0.29, 0.717) is 18.8 Å². The van der Waals surface area contributed by atoms with Gasteiger partial charge >= 0.3 is 6.18 Å². The highest BCUT2D eigenvalue weighted by molar-refractivity contribution is 5.38. The van der Waals surface area contributed by atoms with Crippen molar-refractivity contribution in [3.63, 3.8) is 0 Å². The minimum absolute atomic E-state index is 0.185. The molecule has 0 spiro atoms. The van der Waals surface area contributed by atoms with Crippen LogP contribution in [0.3, 0.4) is 0 Å². The van der Waals surface area contributed by atoms with Crippen LogP contribution in [0, 0.1) is 0 Å². The largest absolute Gasteiger partial charge is 0.416 e. The van der Waals surface area contributed by atoms with Crippen molar-refractivity contribution in [1.29, 1.82) is 0 Å². The predicted molar refractivity (Wildman–Crippen MR) is 57.8 cm³/mol. The number of halogens is 3. The number of H-pyrrole nitrogens is 1. The number of alkyl halides is 3. The van der Waals surface area contributed by atoms with Crippen molar-refractivity contribution in [1.82, 2.24) is 20.2 Å². The Morgan fingerprint density at radius 1 is 1.28 bits per heavy atom. The first-order chi connectivity index (χ1) is 8.55. The van der Waals surface area contributed by atoms with E-state index in [0.717, 1.165) is 18.3 Å². The molecule has 0 atom stereocenters. The Morgan fingerprint density at radius 3 is 2.78 bits per heavy atom. The fourth-order valence-corrected chi connectivity index (χ4v) is 1.36. The summed E-state index contributed by atoms with van der Waals surface area (Å²) >= 11 is 0. The molecule has 0 aromatic carbocycles. The molecular weight excluding hydrogens is 247 g/mol. The summed E-state index contributed by atoms with van der Waals surface area (Å²) in [5, 5.41) is 9.12. The first kappa shape index (κ1) is 12.3. The summed E-state index contributed by atoms with van der Waals surface area (Å²) in [4.78, 5) is 7.71. The van der Waals surface area contributed by atoms with Gasteiger partial charge < -0.3 is 5.32 Å². The highest BCUT2D eigenvalue weighted by Gasteiger charge is 2.30. The Kier molecular flexibility index (Phi) is 3.45. The van der Waals surface area contributed by atoms with Crippen LogP contribution in [0.4, 0.5) is 19.0 Å². The summed E-state index contributed by atoms with van der Waals surface area (Å²) in [6.07, 6.45) is -1.33. The lowest BCUT2D eigenvalue weighted by molar-refractivity contribution is -0.137. The van der Waals surface area contributed by atoms with Crippen LogP contribution in [-0.4, -0.2) is 26.7 Å². The maximum atomic E-state index is 12.4. The van der Waals surface area contributed by atoms with Gasteiger partial charge in [-0.25, -0.2) is 9.97 Å². The standard InChI is InChI=1S/C10H10F3N5/c11-10(12,13)7-1-3-14-9(5-7)15-4-2-8-16-6-17-18-8/h1,3,5-6H,2,4H2,(H,14,15)(H,16,17,18). The zero-order chi connectivity index (χ0) is 13.0. The molecule has 0 fully saturated rings. The smallest absolute Gasteiger partial charge is 0.370 e. The number of rotatable bonds is 4. The zero-order valence-electron chi connectivity index (χ0n) is 9.20. The van der Waals surface area contributed by atoms with Crippen LogP contribution in [0.5, 0.6) is 0 Å². The summed E-state index contributed by atoms with van der Waals surface area (Å²) in [6, 6.07) is 1.90. The highest BCUT2D eigenvalue weighted by Crippen LogP contribution is 2.29. The topological polar surface area (TPSA) is 66.5 Å². The summed E-state index contributed by atoms with van der Waals surface area (Å²) in [5.41, 5.74) is -0.723. The average molecular weight is 257 g/mol. The third-order valence-corrected chi connectivity index (χ3v) is 2.22. The maximum Gasteiger partial charge on any atom is 0.416 e. The molecule has 2 aromatic rings. The molecule has 96 valence electrons. The van der Waals surface area contributed by atoms with Gasteiger partial charge in [0.15, 0.2) is 0 Å². The Bertz CT molecular complexity index is 494. The third kappa shape index (κ3) is 3.19. The van der Waals surface area contributed by atoms with E-state index in [1.54, 1.807) is 0 Å². The molecule has 0 aliphatic heterocycles. The van der Waals surface area contributed by atoms with Crippen molar-refractivity contribution in [3.05, 3.63) is 36.0 Å². The van der Waals surface area contributed by atoms with Gasteiger partial charge in [0.2, 0.25) is 0 Å². The minimum Gasteiger partial charge on any atom is -0.370 e. The highest BCUT2D eigenvalue weighted by atomic mass is 19.4. The van der Waals surface area contributed by atoms with Crippen molar-refractivity contribution >= 4 is 5.82 Å². The van der Waals surface area contributed by atoms with Gasteiger partial charge in [-0.2, -0.15) is 18.3 Å². The predicted octanol–water partition coefficient (Wildman–Crippen LogP) is 1.87. The normalized spacial score (nSPS) is 11.5. The summed E-state index contributed by atoms with van der Waals surface area (Å²) in [7, 11) is 0. The SMILES string of the molecule is FC(F)(F)c1ccnc(NCCc2ncn[nH]2)c1. The van der Waals surface area contributed by atoms with Gasteiger partial charge in [0.05, 0.1) is 5.56 Å². The molecule has 0 radical (unpaired) electrons. The molecule has 18 heavy (non-hydrogen) atoms. The van der Waals surface area contributed by atoms with E-state index < -0.39 is 11.7 Å². The van der Waals surface area contributed by atoms with Crippen LogP contribution in [0.1, 0.15) is 11.4 Å². The number of aromatic nitrogens is 4. The average Bonchev–Trinajstić information content (AvgIpc) is 2.81. The second-order valence-electron chi connectivity index (χ2n) is 3.54. The Labute approximate surface area is 100 Å². The molecule has 0 amide bonds. The first-order valence-electron chi connectivity index (χ1n) is 5.17. The van der Waals surface area contributed by atoms with Gasteiger partial charge in [-0.15, -0.1) is 0 Å². The Morgan fingerprint density at radius 2 is 2.11 bits per heavy atom. The molecule has 2 N–H and O–H groups in total. The number of aromatic amines is 1. The van der Waals surface area contributed by atoms with Crippen molar-refractivity contribution in [2.45, 2.75) is 12.6 Å². The summed E-state index contributed by atoms with van der Waals surface area (Å²) in [6.45, 7) is 0.420. The van der Waals surface area contributed by atoms with Gasteiger partial charge in [0, 0.05) is 19.2 Å². The van der Waals surface area contributed by atoms with E-state index in [1.165, 1.54) is 6.33 Å². The van der Waals surface area contributed by atoms with Crippen LogP contribution >= 0.6 is 0 Å². The minimum atomic E-state index is -4.36. The van der Waals surface area contributed by atoms with Crippen LogP contribution in [0.2, 0.25) is 0 Å². The van der Waals surface area contributed by atoms with Crippen molar-refractivity contribution in [3.8, 4) is 0 Å². The maximum absolute atomic E-state index is 12.4.